The number of hydrogen-bond donors (Lipinski definition) is 1. The molecule has 0 aliphatic carbocycles. The van der Waals surface area contributed by atoms with Gasteiger partial charge in [0.05, 0.1) is 0 Å². The molecule has 1 aliphatic rings. The standard InChI is InChI=1S/C6H9NO2/c1-2-4-3-5(8)7-6(4)9/h4H,2-3H2,1H3,(H,7,8,9)/t4-/m0/s1. The lowest BCUT2D eigenvalue weighted by Crippen LogP contribution is -2.21. The Morgan fingerprint density at radius 1 is 1.67 bits per heavy atom. The summed E-state index contributed by atoms with van der Waals surface area (Å²) in [5.41, 5.74) is 0. The Balaban J connectivity index is 2.58. The van der Waals surface area contributed by atoms with E-state index in [-0.39, 0.29) is 17.7 Å². The summed E-state index contributed by atoms with van der Waals surface area (Å²) < 4.78 is 0. The van der Waals surface area contributed by atoms with Gasteiger partial charge in [-0.1, -0.05) is 6.92 Å². The molecule has 0 saturated carbocycles. The van der Waals surface area contributed by atoms with Crippen LogP contribution in [0, 0.1) is 5.92 Å². The van der Waals surface area contributed by atoms with Gasteiger partial charge in [0.25, 0.3) is 0 Å². The van der Waals surface area contributed by atoms with Crippen LogP contribution >= 0.6 is 0 Å². The minimum atomic E-state index is -0.133. The first-order chi connectivity index (χ1) is 4.24. The molecule has 0 aromatic carbocycles. The van der Waals surface area contributed by atoms with Crippen LogP contribution in [0.1, 0.15) is 19.8 Å². The summed E-state index contributed by atoms with van der Waals surface area (Å²) in [6.07, 6.45) is 1.15. The van der Waals surface area contributed by atoms with Crippen LogP contribution in [0.2, 0.25) is 0 Å². The van der Waals surface area contributed by atoms with Crippen molar-refractivity contribution in [3.63, 3.8) is 0 Å². The third-order valence-corrected chi connectivity index (χ3v) is 1.56. The first kappa shape index (κ1) is 6.26. The van der Waals surface area contributed by atoms with Gasteiger partial charge in [-0.3, -0.25) is 14.9 Å². The van der Waals surface area contributed by atoms with E-state index in [1.54, 1.807) is 0 Å². The number of amides is 2. The number of carbonyl (C=O) groups is 2. The predicted octanol–water partition coefficient (Wildman–Crippen LogP) is 0.0591. The average molecular weight is 127 g/mol. The van der Waals surface area contributed by atoms with Crippen LogP contribution < -0.4 is 5.32 Å². The Kier molecular flexibility index (Phi) is 1.51. The van der Waals surface area contributed by atoms with Crippen LogP contribution in [-0.4, -0.2) is 11.8 Å². The molecule has 1 fully saturated rings. The number of rotatable bonds is 1. The third-order valence-electron chi connectivity index (χ3n) is 1.56. The van der Waals surface area contributed by atoms with E-state index >= 15 is 0 Å². The van der Waals surface area contributed by atoms with E-state index in [4.69, 9.17) is 0 Å². The molecule has 1 N–H and O–H groups in total. The first-order valence-corrected chi connectivity index (χ1v) is 3.07. The second kappa shape index (κ2) is 2.17. The highest BCUT2D eigenvalue weighted by molar-refractivity contribution is 6.03. The lowest BCUT2D eigenvalue weighted by Gasteiger charge is -1.96. The molecule has 1 atom stereocenters. The topological polar surface area (TPSA) is 46.2 Å². The minimum absolute atomic E-state index is 0.0579. The predicted molar refractivity (Wildman–Crippen MR) is 31.5 cm³/mol. The molecule has 50 valence electrons. The fourth-order valence-corrected chi connectivity index (χ4v) is 0.937. The van der Waals surface area contributed by atoms with Crippen molar-refractivity contribution < 1.29 is 9.59 Å². The zero-order valence-corrected chi connectivity index (χ0v) is 5.31. The Hall–Kier alpha value is -0.860. The van der Waals surface area contributed by atoms with Crippen LogP contribution in [0.3, 0.4) is 0 Å². The van der Waals surface area contributed by atoms with Gasteiger partial charge in [0, 0.05) is 12.3 Å². The van der Waals surface area contributed by atoms with Crippen molar-refractivity contribution >= 4 is 11.8 Å². The van der Waals surface area contributed by atoms with Gasteiger partial charge >= 0.3 is 0 Å². The first-order valence-electron chi connectivity index (χ1n) is 3.07. The van der Waals surface area contributed by atoms with E-state index < -0.39 is 0 Å². The molecule has 3 heteroatoms. The summed E-state index contributed by atoms with van der Waals surface area (Å²) in [4.78, 5) is 21.2. The Morgan fingerprint density at radius 2 is 2.33 bits per heavy atom. The van der Waals surface area contributed by atoms with Gasteiger partial charge in [-0.2, -0.15) is 0 Å². The van der Waals surface area contributed by atoms with E-state index in [0.717, 1.165) is 6.42 Å². The van der Waals surface area contributed by atoms with Gasteiger partial charge in [0.15, 0.2) is 0 Å². The fourth-order valence-electron chi connectivity index (χ4n) is 0.937. The molecule has 0 radical (unpaired) electrons. The maximum Gasteiger partial charge on any atom is 0.230 e. The van der Waals surface area contributed by atoms with E-state index in [9.17, 15) is 9.59 Å². The van der Waals surface area contributed by atoms with Gasteiger partial charge < -0.3 is 0 Å². The van der Waals surface area contributed by atoms with Crippen LogP contribution in [0.25, 0.3) is 0 Å². The lowest BCUT2D eigenvalue weighted by molar-refractivity contribution is -0.125. The highest BCUT2D eigenvalue weighted by atomic mass is 16.2. The van der Waals surface area contributed by atoms with Crippen molar-refractivity contribution in [2.75, 3.05) is 0 Å². The van der Waals surface area contributed by atoms with Gasteiger partial charge in [-0.05, 0) is 6.42 Å². The summed E-state index contributed by atoms with van der Waals surface area (Å²) in [7, 11) is 0. The second-order valence-electron chi connectivity index (χ2n) is 2.22. The highest BCUT2D eigenvalue weighted by Gasteiger charge is 2.28. The maximum atomic E-state index is 10.7. The van der Waals surface area contributed by atoms with Gasteiger partial charge in [0.2, 0.25) is 11.8 Å². The number of nitrogens with one attached hydrogen (secondary N) is 1. The van der Waals surface area contributed by atoms with Gasteiger partial charge in [-0.25, -0.2) is 0 Å². The summed E-state index contributed by atoms with van der Waals surface area (Å²) >= 11 is 0. The summed E-state index contributed by atoms with van der Waals surface area (Å²) in [5.74, 6) is -0.299. The maximum absolute atomic E-state index is 10.7. The quantitative estimate of drug-likeness (QED) is 0.506. The largest absolute Gasteiger partial charge is 0.296 e. The van der Waals surface area contributed by atoms with Crippen LogP contribution in [0.4, 0.5) is 0 Å². The van der Waals surface area contributed by atoms with Crippen LogP contribution in [-0.2, 0) is 9.59 Å². The van der Waals surface area contributed by atoms with Crippen molar-refractivity contribution in [2.45, 2.75) is 19.8 Å². The van der Waals surface area contributed by atoms with Crippen molar-refractivity contribution in [3.05, 3.63) is 0 Å². The molecule has 1 aliphatic heterocycles. The number of imide groups is 1. The summed E-state index contributed by atoms with van der Waals surface area (Å²) in [6, 6.07) is 0. The molecule has 0 aromatic rings. The Labute approximate surface area is 53.4 Å². The molecule has 9 heavy (non-hydrogen) atoms. The Bertz CT molecular complexity index is 153. The van der Waals surface area contributed by atoms with Gasteiger partial charge in [-0.15, -0.1) is 0 Å². The fraction of sp³-hybridized carbons (Fsp3) is 0.667. The molecule has 0 bridgehead atoms. The summed E-state index contributed by atoms with van der Waals surface area (Å²) in [6.45, 7) is 1.91. The molecule has 1 saturated heterocycles. The molecule has 3 nitrogen and oxygen atoms in total. The van der Waals surface area contributed by atoms with Crippen molar-refractivity contribution in [2.24, 2.45) is 5.92 Å². The molecule has 0 aromatic heterocycles. The van der Waals surface area contributed by atoms with Crippen molar-refractivity contribution in [1.82, 2.24) is 5.32 Å². The zero-order chi connectivity index (χ0) is 6.85. The second-order valence-corrected chi connectivity index (χ2v) is 2.22. The smallest absolute Gasteiger partial charge is 0.230 e. The van der Waals surface area contributed by atoms with E-state index in [1.807, 2.05) is 6.92 Å². The van der Waals surface area contributed by atoms with E-state index in [2.05, 4.69) is 5.32 Å². The third kappa shape index (κ3) is 1.09. The summed E-state index contributed by atoms with van der Waals surface area (Å²) in [5, 5.41) is 2.24. The average Bonchev–Trinajstić information content (AvgIpc) is 2.10. The monoisotopic (exact) mass is 127 g/mol. The molecule has 1 rings (SSSR count). The normalized spacial score (nSPS) is 26.6. The molecule has 2 amide bonds. The Morgan fingerprint density at radius 3 is 2.56 bits per heavy atom. The zero-order valence-electron chi connectivity index (χ0n) is 5.31. The van der Waals surface area contributed by atoms with Crippen molar-refractivity contribution in [3.8, 4) is 0 Å². The number of carbonyl (C=O) groups excluding carboxylic acids is 2. The van der Waals surface area contributed by atoms with E-state index in [1.165, 1.54) is 0 Å². The molecule has 0 spiro atoms. The molecule has 1 heterocycles. The SMILES string of the molecule is CC[C@H]1CC(=O)NC1=O. The minimum Gasteiger partial charge on any atom is -0.296 e. The molecule has 0 unspecified atom stereocenters. The van der Waals surface area contributed by atoms with Crippen molar-refractivity contribution in [1.29, 1.82) is 0 Å². The molecular weight excluding hydrogens is 118 g/mol. The number of hydrogen-bond acceptors (Lipinski definition) is 2. The lowest BCUT2D eigenvalue weighted by atomic mass is 10.1. The van der Waals surface area contributed by atoms with Crippen LogP contribution in [0.15, 0.2) is 0 Å². The van der Waals surface area contributed by atoms with Crippen LogP contribution in [0.5, 0.6) is 0 Å². The van der Waals surface area contributed by atoms with Gasteiger partial charge in [0.1, 0.15) is 0 Å². The highest BCUT2D eigenvalue weighted by Crippen LogP contribution is 2.13. The molecular formula is C6H9NO2. The van der Waals surface area contributed by atoms with E-state index in [0.29, 0.717) is 6.42 Å².